The van der Waals surface area contributed by atoms with E-state index in [1.807, 2.05) is 6.92 Å². The molecule has 3 nitrogen and oxygen atoms in total. The van der Waals surface area contributed by atoms with Gasteiger partial charge in [0.15, 0.2) is 0 Å². The molecule has 0 atom stereocenters. The molecule has 0 aromatic heterocycles. The van der Waals surface area contributed by atoms with Gasteiger partial charge in [-0.15, -0.1) is 11.6 Å². The summed E-state index contributed by atoms with van der Waals surface area (Å²) >= 11 is 5.75. The molecule has 1 aliphatic carbocycles. The molecular formula is C12H24ClNO2S. The van der Waals surface area contributed by atoms with Crippen molar-refractivity contribution in [3.05, 3.63) is 0 Å². The molecule has 17 heavy (non-hydrogen) atoms. The van der Waals surface area contributed by atoms with Gasteiger partial charge in [0, 0.05) is 18.5 Å². The zero-order chi connectivity index (χ0) is 12.7. The predicted molar refractivity (Wildman–Crippen MR) is 73.0 cm³/mol. The molecule has 0 aliphatic heterocycles. The highest BCUT2D eigenvalue weighted by Gasteiger charge is 2.29. The second-order valence-corrected chi connectivity index (χ2v) is 7.18. The lowest BCUT2D eigenvalue weighted by Crippen LogP contribution is -2.43. The first-order chi connectivity index (χ1) is 8.11. The summed E-state index contributed by atoms with van der Waals surface area (Å²) in [6.45, 7) is 2.49. The van der Waals surface area contributed by atoms with Crippen LogP contribution in [0.25, 0.3) is 0 Å². The summed E-state index contributed by atoms with van der Waals surface area (Å²) in [7, 11) is -3.10. The molecule has 0 unspecified atom stereocenters. The molecule has 0 aromatic carbocycles. The zero-order valence-corrected chi connectivity index (χ0v) is 12.3. The maximum absolute atomic E-state index is 12.2. The van der Waals surface area contributed by atoms with Gasteiger partial charge in [-0.3, -0.25) is 0 Å². The van der Waals surface area contributed by atoms with Gasteiger partial charge in [0.05, 0.1) is 5.75 Å². The lowest BCUT2D eigenvalue weighted by Gasteiger charge is -2.33. The monoisotopic (exact) mass is 281 g/mol. The van der Waals surface area contributed by atoms with Gasteiger partial charge in [0.1, 0.15) is 0 Å². The smallest absolute Gasteiger partial charge is 0.212 e. The molecule has 0 bridgehead atoms. The van der Waals surface area contributed by atoms with E-state index in [1.165, 1.54) is 6.42 Å². The molecular weight excluding hydrogens is 258 g/mol. The van der Waals surface area contributed by atoms with Crippen molar-refractivity contribution in [1.29, 1.82) is 0 Å². The van der Waals surface area contributed by atoms with Crippen molar-refractivity contribution in [2.24, 2.45) is 0 Å². The minimum absolute atomic E-state index is 0.198. The van der Waals surface area contributed by atoms with Gasteiger partial charge in [-0.2, -0.15) is 4.31 Å². The topological polar surface area (TPSA) is 37.4 Å². The van der Waals surface area contributed by atoms with Gasteiger partial charge in [0.2, 0.25) is 10.0 Å². The van der Waals surface area contributed by atoms with Crippen LogP contribution in [-0.4, -0.2) is 36.9 Å². The summed E-state index contributed by atoms with van der Waals surface area (Å²) < 4.78 is 26.2. The first kappa shape index (κ1) is 15.3. The van der Waals surface area contributed by atoms with Crippen LogP contribution < -0.4 is 0 Å². The second kappa shape index (κ2) is 7.59. The lowest BCUT2D eigenvalue weighted by atomic mass is 9.95. The van der Waals surface area contributed by atoms with E-state index in [0.717, 1.165) is 38.5 Å². The molecule has 0 N–H and O–H groups in total. The van der Waals surface area contributed by atoms with Gasteiger partial charge >= 0.3 is 0 Å². The maximum Gasteiger partial charge on any atom is 0.214 e. The highest BCUT2D eigenvalue weighted by molar-refractivity contribution is 7.89. The number of unbranched alkanes of at least 4 members (excludes halogenated alkanes) is 1. The van der Waals surface area contributed by atoms with Crippen molar-refractivity contribution in [2.45, 2.75) is 57.9 Å². The number of hydrogen-bond donors (Lipinski definition) is 0. The number of sulfonamides is 1. The molecule has 0 radical (unpaired) electrons. The van der Waals surface area contributed by atoms with Gasteiger partial charge in [0.25, 0.3) is 0 Å². The summed E-state index contributed by atoms with van der Waals surface area (Å²) in [5.74, 6) is 0.665. The minimum Gasteiger partial charge on any atom is -0.212 e. The quantitative estimate of drug-likeness (QED) is 0.673. The SMILES string of the molecule is CCCCS(=O)(=O)N(CCCl)C1CCCCC1. The summed E-state index contributed by atoms with van der Waals surface area (Å²) in [6.07, 6.45) is 7.19. The lowest BCUT2D eigenvalue weighted by molar-refractivity contribution is 0.262. The Morgan fingerprint density at radius 1 is 1.24 bits per heavy atom. The summed E-state index contributed by atoms with van der Waals surface area (Å²) in [5, 5.41) is 0. The highest BCUT2D eigenvalue weighted by atomic mass is 35.5. The van der Waals surface area contributed by atoms with Crippen molar-refractivity contribution in [2.75, 3.05) is 18.2 Å². The normalized spacial score (nSPS) is 18.8. The number of nitrogens with zero attached hydrogens (tertiary/aromatic N) is 1. The van der Waals surface area contributed by atoms with E-state index in [1.54, 1.807) is 4.31 Å². The molecule has 1 saturated carbocycles. The Morgan fingerprint density at radius 3 is 2.41 bits per heavy atom. The predicted octanol–water partition coefficient (Wildman–Crippen LogP) is 2.99. The first-order valence-electron chi connectivity index (χ1n) is 6.67. The van der Waals surface area contributed by atoms with Gasteiger partial charge in [-0.25, -0.2) is 8.42 Å². The first-order valence-corrected chi connectivity index (χ1v) is 8.81. The maximum atomic E-state index is 12.2. The molecule has 1 aliphatic rings. The van der Waals surface area contributed by atoms with E-state index in [-0.39, 0.29) is 11.8 Å². The van der Waals surface area contributed by atoms with Crippen LogP contribution in [0.1, 0.15) is 51.9 Å². The Morgan fingerprint density at radius 2 is 1.88 bits per heavy atom. The molecule has 0 aromatic rings. The van der Waals surface area contributed by atoms with Crippen LogP contribution in [0.5, 0.6) is 0 Å². The molecule has 0 heterocycles. The fourth-order valence-electron chi connectivity index (χ4n) is 2.45. The Hall–Kier alpha value is 0.200. The summed E-state index contributed by atoms with van der Waals surface area (Å²) in [4.78, 5) is 0. The van der Waals surface area contributed by atoms with Crippen LogP contribution in [0.3, 0.4) is 0 Å². The van der Waals surface area contributed by atoms with Crippen molar-refractivity contribution in [3.8, 4) is 0 Å². The third-order valence-corrected chi connectivity index (χ3v) is 5.57. The fraction of sp³-hybridized carbons (Fsp3) is 1.00. The number of hydrogen-bond acceptors (Lipinski definition) is 2. The third-order valence-electron chi connectivity index (χ3n) is 3.40. The van der Waals surface area contributed by atoms with E-state index in [9.17, 15) is 8.42 Å². The van der Waals surface area contributed by atoms with Crippen LogP contribution in [-0.2, 0) is 10.0 Å². The van der Waals surface area contributed by atoms with Crippen molar-refractivity contribution in [1.82, 2.24) is 4.31 Å². The molecule has 0 spiro atoms. The Kier molecular flexibility index (Phi) is 6.82. The minimum atomic E-state index is -3.10. The van der Waals surface area contributed by atoms with Crippen LogP contribution in [0.2, 0.25) is 0 Å². The van der Waals surface area contributed by atoms with Crippen molar-refractivity contribution < 1.29 is 8.42 Å². The molecule has 1 fully saturated rings. The van der Waals surface area contributed by atoms with Gasteiger partial charge in [-0.05, 0) is 19.3 Å². The molecule has 5 heteroatoms. The number of halogens is 1. The number of alkyl halides is 1. The van der Waals surface area contributed by atoms with Crippen LogP contribution in [0.4, 0.5) is 0 Å². The molecule has 102 valence electrons. The van der Waals surface area contributed by atoms with E-state index in [2.05, 4.69) is 0 Å². The highest BCUT2D eigenvalue weighted by Crippen LogP contribution is 2.25. The molecule has 1 rings (SSSR count). The fourth-order valence-corrected chi connectivity index (χ4v) is 4.65. The zero-order valence-electron chi connectivity index (χ0n) is 10.7. The van der Waals surface area contributed by atoms with Gasteiger partial charge < -0.3 is 0 Å². The third kappa shape index (κ3) is 4.76. The summed E-state index contributed by atoms with van der Waals surface area (Å²) in [6, 6.07) is 0.198. The Labute approximate surface area is 111 Å². The van der Waals surface area contributed by atoms with E-state index >= 15 is 0 Å². The average molecular weight is 282 g/mol. The molecule has 0 amide bonds. The van der Waals surface area contributed by atoms with Gasteiger partial charge in [-0.1, -0.05) is 32.6 Å². The average Bonchev–Trinajstić information content (AvgIpc) is 2.34. The van der Waals surface area contributed by atoms with Crippen molar-refractivity contribution >= 4 is 21.6 Å². The van der Waals surface area contributed by atoms with E-state index < -0.39 is 10.0 Å². The van der Waals surface area contributed by atoms with Crippen LogP contribution >= 0.6 is 11.6 Å². The Bertz CT molecular complexity index is 300. The largest absolute Gasteiger partial charge is 0.214 e. The van der Waals surface area contributed by atoms with Crippen molar-refractivity contribution in [3.63, 3.8) is 0 Å². The molecule has 0 saturated heterocycles. The Balaban J connectivity index is 2.68. The van der Waals surface area contributed by atoms with E-state index in [4.69, 9.17) is 11.6 Å². The second-order valence-electron chi connectivity index (χ2n) is 4.76. The summed E-state index contributed by atoms with van der Waals surface area (Å²) in [5.41, 5.74) is 0. The number of rotatable bonds is 7. The van der Waals surface area contributed by atoms with E-state index in [0.29, 0.717) is 12.4 Å². The van der Waals surface area contributed by atoms with Crippen LogP contribution in [0.15, 0.2) is 0 Å². The van der Waals surface area contributed by atoms with Crippen LogP contribution in [0, 0.1) is 0 Å². The standard InChI is InChI=1S/C12H24ClNO2S/c1-2-3-11-17(15,16)14(10-9-13)12-7-5-4-6-8-12/h12H,2-11H2,1H3.